The van der Waals surface area contributed by atoms with Crippen molar-refractivity contribution < 1.29 is 9.47 Å². The van der Waals surface area contributed by atoms with Crippen LogP contribution in [0, 0.1) is 0 Å². The zero-order valence-corrected chi connectivity index (χ0v) is 14.4. The van der Waals surface area contributed by atoms with Crippen LogP contribution in [-0.2, 0) is 11.2 Å². The molecule has 0 aromatic heterocycles. The standard InChI is InChI=1S/C17H24BrNO2/c1-3-7-19-16(15-5-4-11(2)21-15)14-10-13(18)9-12-6-8-20-17(12)14/h9-11,15-16,19H,3-8H2,1-2H3. The second-order valence-electron chi connectivity index (χ2n) is 6.08. The first-order chi connectivity index (χ1) is 10.2. The summed E-state index contributed by atoms with van der Waals surface area (Å²) >= 11 is 3.65. The van der Waals surface area contributed by atoms with E-state index in [1.165, 1.54) is 11.1 Å². The minimum Gasteiger partial charge on any atom is -0.493 e. The smallest absolute Gasteiger partial charge is 0.127 e. The lowest BCUT2D eigenvalue weighted by Crippen LogP contribution is -2.33. The first kappa shape index (κ1) is 15.3. The number of hydrogen-bond acceptors (Lipinski definition) is 3. The van der Waals surface area contributed by atoms with Gasteiger partial charge in [0, 0.05) is 16.5 Å². The van der Waals surface area contributed by atoms with E-state index < -0.39 is 0 Å². The van der Waals surface area contributed by atoms with Gasteiger partial charge in [0.2, 0.25) is 0 Å². The third-order valence-electron chi connectivity index (χ3n) is 4.36. The molecular weight excluding hydrogens is 330 g/mol. The van der Waals surface area contributed by atoms with Gasteiger partial charge in [-0.1, -0.05) is 22.9 Å². The van der Waals surface area contributed by atoms with E-state index in [-0.39, 0.29) is 12.1 Å². The summed E-state index contributed by atoms with van der Waals surface area (Å²) in [6, 6.07) is 4.60. The summed E-state index contributed by atoms with van der Waals surface area (Å²) in [5.41, 5.74) is 2.57. The number of benzene rings is 1. The SMILES string of the molecule is CCCNC(c1cc(Br)cc2c1OCC2)C1CCC(C)O1. The van der Waals surface area contributed by atoms with Gasteiger partial charge in [-0.05, 0) is 50.4 Å². The number of nitrogens with one attached hydrogen (secondary N) is 1. The van der Waals surface area contributed by atoms with Crippen LogP contribution in [0.1, 0.15) is 50.3 Å². The van der Waals surface area contributed by atoms with Crippen LogP contribution in [0.4, 0.5) is 0 Å². The van der Waals surface area contributed by atoms with Crippen LogP contribution >= 0.6 is 15.9 Å². The highest BCUT2D eigenvalue weighted by Gasteiger charge is 2.33. The lowest BCUT2D eigenvalue weighted by atomic mass is 9.96. The van der Waals surface area contributed by atoms with Gasteiger partial charge in [0.15, 0.2) is 0 Å². The molecule has 1 saturated heterocycles. The lowest BCUT2D eigenvalue weighted by Gasteiger charge is -2.27. The quantitative estimate of drug-likeness (QED) is 0.867. The monoisotopic (exact) mass is 353 g/mol. The fourth-order valence-corrected chi connectivity index (χ4v) is 3.87. The van der Waals surface area contributed by atoms with Gasteiger partial charge < -0.3 is 14.8 Å². The summed E-state index contributed by atoms with van der Waals surface area (Å²) < 4.78 is 13.2. The van der Waals surface area contributed by atoms with E-state index in [0.717, 1.165) is 49.1 Å². The normalized spacial score (nSPS) is 25.7. The Kier molecular flexibility index (Phi) is 4.87. The molecule has 1 N–H and O–H groups in total. The summed E-state index contributed by atoms with van der Waals surface area (Å²) in [5, 5.41) is 3.68. The Morgan fingerprint density at radius 3 is 2.95 bits per heavy atom. The topological polar surface area (TPSA) is 30.5 Å². The molecule has 0 amide bonds. The van der Waals surface area contributed by atoms with Gasteiger partial charge in [0.05, 0.1) is 24.9 Å². The first-order valence-corrected chi connectivity index (χ1v) is 8.82. The third-order valence-corrected chi connectivity index (χ3v) is 4.82. The van der Waals surface area contributed by atoms with Gasteiger partial charge >= 0.3 is 0 Å². The number of rotatable bonds is 5. The molecule has 116 valence electrons. The summed E-state index contributed by atoms with van der Waals surface area (Å²) in [5.74, 6) is 1.08. The van der Waals surface area contributed by atoms with Crippen LogP contribution in [0.15, 0.2) is 16.6 Å². The van der Waals surface area contributed by atoms with Crippen molar-refractivity contribution in [1.82, 2.24) is 5.32 Å². The molecule has 2 aliphatic rings. The molecule has 1 aromatic carbocycles. The van der Waals surface area contributed by atoms with Gasteiger partial charge in [0.1, 0.15) is 5.75 Å². The van der Waals surface area contributed by atoms with Crippen molar-refractivity contribution in [2.24, 2.45) is 0 Å². The van der Waals surface area contributed by atoms with Crippen molar-refractivity contribution in [2.75, 3.05) is 13.2 Å². The van der Waals surface area contributed by atoms with Gasteiger partial charge in [-0.2, -0.15) is 0 Å². The number of hydrogen-bond donors (Lipinski definition) is 1. The van der Waals surface area contributed by atoms with E-state index in [1.807, 2.05) is 0 Å². The predicted molar refractivity (Wildman–Crippen MR) is 87.9 cm³/mol. The molecule has 0 radical (unpaired) electrons. The highest BCUT2D eigenvalue weighted by Crippen LogP contribution is 2.40. The van der Waals surface area contributed by atoms with Crippen LogP contribution in [-0.4, -0.2) is 25.4 Å². The largest absolute Gasteiger partial charge is 0.493 e. The maximum atomic E-state index is 6.14. The van der Waals surface area contributed by atoms with E-state index in [1.54, 1.807) is 0 Å². The van der Waals surface area contributed by atoms with E-state index in [4.69, 9.17) is 9.47 Å². The van der Waals surface area contributed by atoms with Crippen molar-refractivity contribution >= 4 is 15.9 Å². The third kappa shape index (κ3) is 3.27. The summed E-state index contributed by atoms with van der Waals surface area (Å²) in [7, 11) is 0. The van der Waals surface area contributed by atoms with Crippen molar-refractivity contribution in [3.63, 3.8) is 0 Å². The van der Waals surface area contributed by atoms with Crippen molar-refractivity contribution in [3.8, 4) is 5.75 Å². The van der Waals surface area contributed by atoms with E-state index >= 15 is 0 Å². The lowest BCUT2D eigenvalue weighted by molar-refractivity contribution is 0.0311. The first-order valence-electron chi connectivity index (χ1n) is 8.03. The maximum Gasteiger partial charge on any atom is 0.127 e. The minimum absolute atomic E-state index is 0.222. The fraction of sp³-hybridized carbons (Fsp3) is 0.647. The van der Waals surface area contributed by atoms with Gasteiger partial charge in [-0.25, -0.2) is 0 Å². The van der Waals surface area contributed by atoms with Crippen LogP contribution < -0.4 is 10.1 Å². The zero-order valence-electron chi connectivity index (χ0n) is 12.8. The molecule has 1 aromatic rings. The average Bonchev–Trinajstić information content (AvgIpc) is 3.08. The van der Waals surface area contributed by atoms with Crippen LogP contribution in [0.5, 0.6) is 5.75 Å². The number of halogens is 1. The molecular formula is C17H24BrNO2. The van der Waals surface area contributed by atoms with Crippen molar-refractivity contribution in [1.29, 1.82) is 0 Å². The Morgan fingerprint density at radius 2 is 2.24 bits per heavy atom. The Balaban J connectivity index is 1.92. The highest BCUT2D eigenvalue weighted by atomic mass is 79.9. The van der Waals surface area contributed by atoms with Crippen LogP contribution in [0.2, 0.25) is 0 Å². The molecule has 0 spiro atoms. The highest BCUT2D eigenvalue weighted by molar-refractivity contribution is 9.10. The second kappa shape index (κ2) is 6.67. The Labute approximate surface area is 135 Å². The molecule has 0 bridgehead atoms. The Morgan fingerprint density at radius 1 is 1.38 bits per heavy atom. The average molecular weight is 354 g/mol. The summed E-state index contributed by atoms with van der Waals surface area (Å²) in [6.45, 7) is 6.16. The fourth-order valence-electron chi connectivity index (χ4n) is 3.35. The molecule has 3 atom stereocenters. The van der Waals surface area contributed by atoms with Gasteiger partial charge in [-0.15, -0.1) is 0 Å². The van der Waals surface area contributed by atoms with Crippen molar-refractivity contribution in [2.45, 2.75) is 57.8 Å². The van der Waals surface area contributed by atoms with Crippen LogP contribution in [0.25, 0.3) is 0 Å². The van der Waals surface area contributed by atoms with Crippen LogP contribution in [0.3, 0.4) is 0 Å². The maximum absolute atomic E-state index is 6.14. The number of fused-ring (bicyclic) bond motifs is 1. The van der Waals surface area contributed by atoms with Gasteiger partial charge in [0.25, 0.3) is 0 Å². The minimum atomic E-state index is 0.222. The molecule has 3 rings (SSSR count). The number of ether oxygens (including phenoxy) is 2. The van der Waals surface area contributed by atoms with E-state index in [0.29, 0.717) is 6.10 Å². The molecule has 3 nitrogen and oxygen atoms in total. The molecule has 0 aliphatic carbocycles. The van der Waals surface area contributed by atoms with E-state index in [9.17, 15) is 0 Å². The van der Waals surface area contributed by atoms with Crippen molar-refractivity contribution in [3.05, 3.63) is 27.7 Å². The summed E-state index contributed by atoms with van der Waals surface area (Å²) in [4.78, 5) is 0. The molecule has 2 heterocycles. The second-order valence-corrected chi connectivity index (χ2v) is 6.99. The molecule has 4 heteroatoms. The molecule has 1 fully saturated rings. The Hall–Kier alpha value is -0.580. The molecule has 2 aliphatic heterocycles. The molecule has 0 saturated carbocycles. The Bertz CT molecular complexity index is 506. The molecule has 21 heavy (non-hydrogen) atoms. The van der Waals surface area contributed by atoms with Gasteiger partial charge in [-0.3, -0.25) is 0 Å². The predicted octanol–water partition coefficient (Wildman–Crippen LogP) is 3.99. The van der Waals surface area contributed by atoms with E-state index in [2.05, 4.69) is 47.2 Å². The zero-order chi connectivity index (χ0) is 14.8. The summed E-state index contributed by atoms with van der Waals surface area (Å²) in [6.07, 6.45) is 4.99. The molecule has 3 unspecified atom stereocenters.